The van der Waals surface area contributed by atoms with Crippen LogP contribution in [0.15, 0.2) is 11.6 Å². The Balaban J connectivity index is 1.54. The van der Waals surface area contributed by atoms with E-state index in [9.17, 15) is 14.9 Å². The zero-order valence-corrected chi connectivity index (χ0v) is 14.7. The van der Waals surface area contributed by atoms with Crippen molar-refractivity contribution in [1.82, 2.24) is 0 Å². The van der Waals surface area contributed by atoms with Crippen LogP contribution in [0.4, 0.5) is 0 Å². The van der Waals surface area contributed by atoms with Crippen molar-refractivity contribution >= 4 is 5.78 Å². The lowest BCUT2D eigenvalue weighted by Crippen LogP contribution is -2.46. The maximum atomic E-state index is 11.8. The highest BCUT2D eigenvalue weighted by molar-refractivity contribution is 5.91. The number of hydrogen-bond acceptors (Lipinski definition) is 4. The van der Waals surface area contributed by atoms with Gasteiger partial charge in [0.25, 0.3) is 0 Å². The topological polar surface area (TPSA) is 69.4 Å². The molecule has 134 valence electrons. The summed E-state index contributed by atoms with van der Waals surface area (Å²) in [5.74, 6) is 6.25. The zero-order valence-electron chi connectivity index (χ0n) is 14.7. The van der Waals surface area contributed by atoms with Gasteiger partial charge in [-0.3, -0.25) is 4.79 Å². The third kappa shape index (κ3) is 2.76. The van der Waals surface area contributed by atoms with E-state index in [0.29, 0.717) is 30.0 Å². The summed E-state index contributed by atoms with van der Waals surface area (Å²) in [6, 6.07) is 0. The van der Waals surface area contributed by atoms with Gasteiger partial charge in [-0.25, -0.2) is 4.84 Å². The van der Waals surface area contributed by atoms with Gasteiger partial charge in [0.05, 0.1) is 6.11 Å². The van der Waals surface area contributed by atoms with Crippen LogP contribution in [0.25, 0.3) is 0 Å². The molecule has 6 atom stereocenters. The average Bonchev–Trinajstić information content (AvgIpc) is 2.91. The number of carbonyl (C=O) groups is 1. The summed E-state index contributed by atoms with van der Waals surface area (Å²) >= 11 is 0. The molecular weight excluding hydrogens is 318 g/mol. The Bertz CT molecular complexity index is 688. The van der Waals surface area contributed by atoms with Gasteiger partial charge in [-0.05, 0) is 80.1 Å². The number of nitrogens with zero attached hydrogens (tertiary/aromatic N) is 1. The monoisotopic (exact) mass is 343 g/mol. The molecule has 0 spiro atoms. The fourth-order valence-corrected chi connectivity index (χ4v) is 6.55. The van der Waals surface area contributed by atoms with E-state index >= 15 is 0 Å². The quantitative estimate of drug-likeness (QED) is 0.411. The van der Waals surface area contributed by atoms with Crippen molar-refractivity contribution in [1.29, 1.82) is 0 Å². The summed E-state index contributed by atoms with van der Waals surface area (Å²) in [6.45, 7) is 2.34. The van der Waals surface area contributed by atoms with Crippen molar-refractivity contribution in [3.63, 3.8) is 0 Å². The van der Waals surface area contributed by atoms with Gasteiger partial charge in [0.1, 0.15) is 0 Å². The molecule has 3 fully saturated rings. The smallest absolute Gasteiger partial charge is 0.295 e. The number of rotatable bonds is 1. The van der Waals surface area contributed by atoms with Crippen molar-refractivity contribution in [3.8, 4) is 12.0 Å². The van der Waals surface area contributed by atoms with Crippen LogP contribution in [-0.4, -0.2) is 10.9 Å². The minimum Gasteiger partial charge on any atom is -0.295 e. The number of fused-ring (bicyclic) bond motifs is 5. The van der Waals surface area contributed by atoms with E-state index in [2.05, 4.69) is 23.8 Å². The van der Waals surface area contributed by atoms with E-state index in [4.69, 9.17) is 0 Å². The number of hydrogen-bond donors (Lipinski definition) is 0. The van der Waals surface area contributed by atoms with Gasteiger partial charge in [-0.2, -0.15) is 0 Å². The van der Waals surface area contributed by atoms with Crippen LogP contribution >= 0.6 is 0 Å². The van der Waals surface area contributed by atoms with Gasteiger partial charge < -0.3 is 0 Å². The van der Waals surface area contributed by atoms with Gasteiger partial charge in [-0.1, -0.05) is 18.4 Å². The molecule has 0 amide bonds. The molecule has 0 aromatic heterocycles. The highest BCUT2D eigenvalue weighted by Gasteiger charge is 2.55. The maximum Gasteiger partial charge on any atom is 0.308 e. The van der Waals surface area contributed by atoms with Crippen LogP contribution in [0.1, 0.15) is 58.3 Å². The fourth-order valence-electron chi connectivity index (χ4n) is 6.55. The molecule has 3 saturated carbocycles. The SMILES string of the molecule is C[C@]12CC[C@H]3[C@@H](CCC4=CC(=O)CC[C@@H]43)[C@@H]1CC[C@H]2C#CO[N+](=O)[O-]. The number of ketones is 1. The molecule has 4 aliphatic carbocycles. The Morgan fingerprint density at radius 2 is 2.04 bits per heavy atom. The van der Waals surface area contributed by atoms with Crippen LogP contribution in [0.3, 0.4) is 0 Å². The molecule has 0 unspecified atom stereocenters. The largest absolute Gasteiger partial charge is 0.308 e. The van der Waals surface area contributed by atoms with Crippen LogP contribution in [-0.2, 0) is 9.63 Å². The second-order valence-electron chi connectivity index (χ2n) is 8.54. The second-order valence-corrected chi connectivity index (χ2v) is 8.54. The Morgan fingerprint density at radius 3 is 2.84 bits per heavy atom. The van der Waals surface area contributed by atoms with Crippen LogP contribution in [0.2, 0.25) is 0 Å². The zero-order chi connectivity index (χ0) is 17.6. The number of carbonyl (C=O) groups excluding carboxylic acids is 1. The molecule has 4 aliphatic rings. The molecule has 4 rings (SSSR count). The van der Waals surface area contributed by atoms with Crippen molar-refractivity contribution in [2.24, 2.45) is 35.0 Å². The van der Waals surface area contributed by atoms with Crippen LogP contribution < -0.4 is 0 Å². The highest BCUT2D eigenvalue weighted by atomic mass is 16.9. The van der Waals surface area contributed by atoms with Crippen LogP contribution in [0, 0.1) is 57.1 Å². The first-order valence-corrected chi connectivity index (χ1v) is 9.54. The molecule has 0 radical (unpaired) electrons. The van der Waals surface area contributed by atoms with Gasteiger partial charge >= 0.3 is 5.09 Å². The normalized spacial score (nSPS) is 42.2. The van der Waals surface area contributed by atoms with Crippen molar-refractivity contribution in [2.75, 3.05) is 0 Å². The van der Waals surface area contributed by atoms with Crippen LogP contribution in [0.5, 0.6) is 0 Å². The van der Waals surface area contributed by atoms with Gasteiger partial charge in [0.15, 0.2) is 5.78 Å². The first-order valence-electron chi connectivity index (χ1n) is 9.54. The third-order valence-electron chi connectivity index (χ3n) is 7.65. The molecule has 0 bridgehead atoms. The Kier molecular flexibility index (Phi) is 4.10. The summed E-state index contributed by atoms with van der Waals surface area (Å²) in [7, 11) is 0. The standard InChI is InChI=1S/C20H25NO4/c1-20-10-8-17-16-6-4-15(22)12-13(16)2-5-18(17)19(20)7-3-14(20)9-11-25-21(23)24/h12,14,16-19H,2-8,10H2,1H3/t14-,16-,17+,18+,19-,20+/m0/s1. The summed E-state index contributed by atoms with van der Waals surface area (Å²) in [4.78, 5) is 26.3. The third-order valence-corrected chi connectivity index (χ3v) is 7.65. The predicted octanol–water partition coefficient (Wildman–Crippen LogP) is 3.91. The van der Waals surface area contributed by atoms with Crippen molar-refractivity contribution < 1.29 is 14.7 Å². The predicted molar refractivity (Wildman–Crippen MR) is 91.4 cm³/mol. The van der Waals surface area contributed by atoms with E-state index in [1.165, 1.54) is 24.8 Å². The summed E-state index contributed by atoms with van der Waals surface area (Å²) < 4.78 is 0. The first-order chi connectivity index (χ1) is 12.0. The van der Waals surface area contributed by atoms with E-state index in [-0.39, 0.29) is 11.3 Å². The lowest BCUT2D eigenvalue weighted by Gasteiger charge is -2.53. The molecular formula is C20H25NO4. The fraction of sp³-hybridized carbons (Fsp3) is 0.750. The minimum atomic E-state index is -0.835. The van der Waals surface area contributed by atoms with E-state index in [1.54, 1.807) is 0 Å². The second kappa shape index (κ2) is 6.16. The molecule has 0 N–H and O–H groups in total. The van der Waals surface area contributed by atoms with Gasteiger partial charge in [0, 0.05) is 12.3 Å². The van der Waals surface area contributed by atoms with Gasteiger partial charge in [0.2, 0.25) is 0 Å². The van der Waals surface area contributed by atoms with Crippen molar-refractivity contribution in [3.05, 3.63) is 21.8 Å². The highest BCUT2D eigenvalue weighted by Crippen LogP contribution is 2.63. The molecule has 0 heterocycles. The molecule has 25 heavy (non-hydrogen) atoms. The average molecular weight is 343 g/mol. The van der Waals surface area contributed by atoms with Crippen molar-refractivity contribution in [2.45, 2.75) is 58.3 Å². The van der Waals surface area contributed by atoms with E-state index in [1.807, 2.05) is 6.08 Å². The van der Waals surface area contributed by atoms with E-state index < -0.39 is 5.09 Å². The molecule has 5 nitrogen and oxygen atoms in total. The van der Waals surface area contributed by atoms with Gasteiger partial charge in [-0.15, -0.1) is 10.1 Å². The molecule has 0 aliphatic heterocycles. The lowest BCUT2D eigenvalue weighted by molar-refractivity contribution is -0.731. The number of allylic oxidation sites excluding steroid dienone is 1. The Labute approximate surface area is 148 Å². The maximum absolute atomic E-state index is 11.8. The summed E-state index contributed by atoms with van der Waals surface area (Å²) in [5, 5.41) is 9.50. The molecule has 5 heteroatoms. The minimum absolute atomic E-state index is 0.153. The molecule has 0 saturated heterocycles. The molecule has 0 aromatic rings. The van der Waals surface area contributed by atoms with E-state index in [0.717, 1.165) is 31.6 Å². The Morgan fingerprint density at radius 1 is 1.20 bits per heavy atom. The Hall–Kier alpha value is -1.83. The summed E-state index contributed by atoms with van der Waals surface area (Å²) in [5.41, 5.74) is 1.56. The lowest BCUT2D eigenvalue weighted by atomic mass is 9.51. The first kappa shape index (κ1) is 16.6. The molecule has 0 aromatic carbocycles. The summed E-state index contributed by atoms with van der Waals surface area (Å²) in [6.07, 6.45) is 12.8.